The van der Waals surface area contributed by atoms with Crippen LogP contribution in [0, 0.1) is 23.6 Å². The maximum atomic E-state index is 17.6. The summed E-state index contributed by atoms with van der Waals surface area (Å²) in [6, 6.07) is -0.612. The van der Waals surface area contributed by atoms with Crippen molar-refractivity contribution in [2.75, 3.05) is 40.4 Å². The van der Waals surface area contributed by atoms with E-state index in [9.17, 15) is 5.11 Å². The van der Waals surface area contributed by atoms with Crippen molar-refractivity contribution in [1.29, 1.82) is 0 Å². The SMILES string of the molecule is CCCCOc1noc2c1C(=O)[C@@]1(O[Si](C)(C)C(C)(C)C)C(=O)C3=C(O)c4c(c(F)c(C(C)(C)N(CC)CC(C)C)c(Br)c4OCCCC)C[C@H]3C[C@H]1[C@@H]2N(C)C. The van der Waals surface area contributed by atoms with Gasteiger partial charge in [0.05, 0.1) is 29.3 Å². The van der Waals surface area contributed by atoms with E-state index in [0.29, 0.717) is 52.8 Å². The van der Waals surface area contributed by atoms with Gasteiger partial charge in [-0.05, 0) is 111 Å². The largest absolute Gasteiger partial charge is 0.507 e. The van der Waals surface area contributed by atoms with Gasteiger partial charge in [0.15, 0.2) is 19.7 Å². The predicted molar refractivity (Wildman–Crippen MR) is 228 cm³/mol. The molecule has 3 aliphatic carbocycles. The summed E-state index contributed by atoms with van der Waals surface area (Å²) in [5, 5.41) is 16.5. The molecule has 0 saturated heterocycles. The summed E-state index contributed by atoms with van der Waals surface area (Å²) in [6.45, 7) is 26.9. The first-order valence-electron chi connectivity index (χ1n) is 21.0. The van der Waals surface area contributed by atoms with Gasteiger partial charge in [0.2, 0.25) is 11.6 Å². The first-order valence-corrected chi connectivity index (χ1v) is 24.7. The molecule has 1 N–H and O–H groups in total. The van der Waals surface area contributed by atoms with Crippen molar-refractivity contribution < 1.29 is 37.5 Å². The Balaban J connectivity index is 1.82. The fraction of sp³-hybridized carbons (Fsp3) is 0.705. The number of hydrogen-bond donors (Lipinski definition) is 1. The van der Waals surface area contributed by atoms with Gasteiger partial charge in [-0.25, -0.2) is 4.39 Å². The number of hydrogen-bond acceptors (Lipinski definition) is 10. The molecule has 1 aromatic heterocycles. The Hall–Kier alpha value is -2.58. The molecule has 1 fully saturated rings. The van der Waals surface area contributed by atoms with Crippen LogP contribution < -0.4 is 9.47 Å². The van der Waals surface area contributed by atoms with Crippen molar-refractivity contribution in [2.45, 2.75) is 143 Å². The van der Waals surface area contributed by atoms with Gasteiger partial charge in [-0.1, -0.05) is 68.2 Å². The highest BCUT2D eigenvalue weighted by Crippen LogP contribution is 2.60. The molecular weight excluding hydrogens is 809 g/mol. The van der Waals surface area contributed by atoms with E-state index in [2.05, 4.69) is 74.5 Å². The lowest BCUT2D eigenvalue weighted by atomic mass is 9.57. The van der Waals surface area contributed by atoms with Crippen molar-refractivity contribution in [3.63, 3.8) is 0 Å². The molecule has 318 valence electrons. The van der Waals surface area contributed by atoms with Crippen molar-refractivity contribution in [3.8, 4) is 11.6 Å². The number of unbranched alkanes of at least 4 members (excludes halogenated alkanes) is 2. The van der Waals surface area contributed by atoms with Gasteiger partial charge in [0.25, 0.3) is 5.88 Å². The number of ketones is 2. The van der Waals surface area contributed by atoms with E-state index in [1.165, 1.54) is 0 Å². The van der Waals surface area contributed by atoms with Crippen molar-refractivity contribution >= 4 is 41.6 Å². The van der Waals surface area contributed by atoms with Crippen LogP contribution in [0.1, 0.15) is 140 Å². The average Bonchev–Trinajstić information content (AvgIpc) is 3.52. The van der Waals surface area contributed by atoms with Gasteiger partial charge < -0.3 is 23.5 Å². The summed E-state index contributed by atoms with van der Waals surface area (Å²) >= 11 is 3.78. The third-order valence-corrected chi connectivity index (χ3v) is 18.2. The van der Waals surface area contributed by atoms with E-state index in [1.54, 1.807) is 0 Å². The van der Waals surface area contributed by atoms with Crippen molar-refractivity contribution in [1.82, 2.24) is 15.0 Å². The molecule has 3 aliphatic rings. The summed E-state index contributed by atoms with van der Waals surface area (Å²) in [5.74, 6) is -2.33. The molecule has 57 heavy (non-hydrogen) atoms. The second-order valence-electron chi connectivity index (χ2n) is 19.0. The third-order valence-electron chi connectivity index (χ3n) is 13.0. The molecule has 0 unspecified atom stereocenters. The van der Waals surface area contributed by atoms with Gasteiger partial charge in [0, 0.05) is 34.7 Å². The fourth-order valence-corrected chi connectivity index (χ4v) is 11.4. The normalized spacial score (nSPS) is 22.6. The number of carbonyl (C=O) groups excluding carboxylic acids is 2. The number of rotatable bonds is 16. The quantitative estimate of drug-likeness (QED) is 0.0993. The van der Waals surface area contributed by atoms with Gasteiger partial charge in [-0.3, -0.25) is 19.4 Å². The molecule has 13 heteroatoms. The summed E-state index contributed by atoms with van der Waals surface area (Å²) in [7, 11) is 0.848. The summed E-state index contributed by atoms with van der Waals surface area (Å²) in [4.78, 5) is 35.5. The number of Topliss-reactive ketones (excluding diaryl/α,β-unsaturated/α-hetero) is 2. The number of carbonyl (C=O) groups is 2. The van der Waals surface area contributed by atoms with Crippen LogP contribution in [0.3, 0.4) is 0 Å². The minimum atomic E-state index is -2.92. The summed E-state index contributed by atoms with van der Waals surface area (Å²) in [5.41, 5.74) is -1.70. The highest BCUT2D eigenvalue weighted by Gasteiger charge is 2.69. The van der Waals surface area contributed by atoms with Crippen LogP contribution in [0.5, 0.6) is 11.6 Å². The molecule has 4 atom stereocenters. The molecule has 10 nitrogen and oxygen atoms in total. The fourth-order valence-electron chi connectivity index (χ4n) is 8.93. The first-order chi connectivity index (χ1) is 26.5. The van der Waals surface area contributed by atoms with E-state index in [4.69, 9.17) is 18.4 Å². The molecular formula is C44H67BrFN3O7Si. The molecule has 0 bridgehead atoms. The van der Waals surface area contributed by atoms with Crippen LogP contribution in [0.4, 0.5) is 4.39 Å². The van der Waals surface area contributed by atoms with Crippen LogP contribution in [-0.2, 0) is 21.2 Å². The lowest BCUT2D eigenvalue weighted by Crippen LogP contribution is -2.68. The number of aromatic nitrogens is 1. The Kier molecular flexibility index (Phi) is 13.4. The van der Waals surface area contributed by atoms with Gasteiger partial charge in [-0.2, -0.15) is 0 Å². The maximum Gasteiger partial charge on any atom is 0.265 e. The standard InChI is InChI=1S/C44H67BrFN3O7Si/c1-15-18-20-53-37-30-27(34(46)32(33(37)45)43(9,10)49(17-3)24-25(4)5)22-26-23-28-35(48(11)12)38-31(41(47-55-38)54-21-19-16-2)40(52)44(28,39(51)29(26)36(30)50)56-57(13,14)42(6,7)8/h25-26,28,35,50H,15-24H2,1-14H3/t26-,28-,35-,44-/m0/s1. The molecule has 0 radical (unpaired) electrons. The Bertz CT molecular complexity index is 1880. The molecule has 2 aromatic rings. The van der Waals surface area contributed by atoms with E-state index < -0.39 is 54.7 Å². The number of nitrogens with zero attached hydrogens (tertiary/aromatic N) is 3. The lowest BCUT2D eigenvalue weighted by molar-refractivity contribution is -0.140. The third kappa shape index (κ3) is 7.70. The smallest absolute Gasteiger partial charge is 0.265 e. The molecule has 1 saturated carbocycles. The maximum absolute atomic E-state index is 17.6. The number of halogens is 2. The molecule has 0 spiro atoms. The van der Waals surface area contributed by atoms with E-state index in [0.717, 1.165) is 32.2 Å². The van der Waals surface area contributed by atoms with Gasteiger partial charge in [-0.15, -0.1) is 0 Å². The van der Waals surface area contributed by atoms with Gasteiger partial charge >= 0.3 is 0 Å². The number of aliphatic hydroxyl groups excluding tert-OH is 1. The Labute approximate surface area is 349 Å². The molecule has 1 heterocycles. The van der Waals surface area contributed by atoms with Crippen LogP contribution in [0.25, 0.3) is 5.76 Å². The lowest BCUT2D eigenvalue weighted by Gasteiger charge is -2.55. The number of ether oxygens (including phenoxy) is 2. The monoisotopic (exact) mass is 875 g/mol. The zero-order valence-electron chi connectivity index (χ0n) is 36.9. The summed E-state index contributed by atoms with van der Waals surface area (Å²) in [6.07, 6.45) is 3.58. The minimum Gasteiger partial charge on any atom is -0.507 e. The van der Waals surface area contributed by atoms with E-state index in [1.807, 2.05) is 52.9 Å². The molecule has 0 amide bonds. The number of fused-ring (bicyclic) bond motifs is 4. The highest BCUT2D eigenvalue weighted by atomic mass is 79.9. The first kappa shape index (κ1) is 45.5. The Morgan fingerprint density at radius 3 is 2.18 bits per heavy atom. The average molecular weight is 877 g/mol. The number of benzene rings is 1. The zero-order valence-corrected chi connectivity index (χ0v) is 39.5. The van der Waals surface area contributed by atoms with Crippen molar-refractivity contribution in [3.05, 3.63) is 43.9 Å². The highest BCUT2D eigenvalue weighted by molar-refractivity contribution is 9.10. The van der Waals surface area contributed by atoms with Crippen LogP contribution >= 0.6 is 15.9 Å². The Morgan fingerprint density at radius 2 is 1.63 bits per heavy atom. The second kappa shape index (κ2) is 16.8. The van der Waals surface area contributed by atoms with Gasteiger partial charge in [0.1, 0.15) is 22.9 Å². The van der Waals surface area contributed by atoms with Crippen LogP contribution in [0.2, 0.25) is 18.1 Å². The van der Waals surface area contributed by atoms with E-state index in [-0.39, 0.29) is 46.2 Å². The van der Waals surface area contributed by atoms with Crippen molar-refractivity contribution in [2.24, 2.45) is 17.8 Å². The van der Waals surface area contributed by atoms with Crippen LogP contribution in [-0.4, -0.2) is 85.9 Å². The predicted octanol–water partition coefficient (Wildman–Crippen LogP) is 10.4. The molecule has 0 aliphatic heterocycles. The molecule has 5 rings (SSSR count). The summed E-state index contributed by atoms with van der Waals surface area (Å²) < 4.78 is 43.8. The topological polar surface area (TPSA) is 115 Å². The second-order valence-corrected chi connectivity index (χ2v) is 24.5. The number of aliphatic hydroxyl groups is 1. The minimum absolute atomic E-state index is 0.0421. The van der Waals surface area contributed by atoms with Crippen LogP contribution in [0.15, 0.2) is 14.6 Å². The molecule has 1 aromatic carbocycles. The van der Waals surface area contributed by atoms with E-state index >= 15 is 14.0 Å². The zero-order chi connectivity index (χ0) is 42.6. The Morgan fingerprint density at radius 1 is 1.02 bits per heavy atom.